The van der Waals surface area contributed by atoms with E-state index in [1.807, 2.05) is 26.0 Å². The third-order valence-corrected chi connectivity index (χ3v) is 4.05. The Labute approximate surface area is 151 Å². The molecule has 128 valence electrons. The lowest BCUT2D eigenvalue weighted by Gasteiger charge is -2.17. The molecule has 0 heterocycles. The highest BCUT2D eigenvalue weighted by atomic mass is 35.5. The number of benzene rings is 2. The molecule has 1 unspecified atom stereocenters. The highest BCUT2D eigenvalue weighted by molar-refractivity contribution is 6.35. The zero-order valence-corrected chi connectivity index (χ0v) is 15.2. The summed E-state index contributed by atoms with van der Waals surface area (Å²) in [7, 11) is 1.56. The summed E-state index contributed by atoms with van der Waals surface area (Å²) in [6.07, 6.45) is 0. The van der Waals surface area contributed by atoms with Crippen LogP contribution in [-0.2, 0) is 4.79 Å². The Kier molecular flexibility index (Phi) is 6.35. The van der Waals surface area contributed by atoms with Crippen LogP contribution in [-0.4, -0.2) is 19.6 Å². The number of halogens is 2. The van der Waals surface area contributed by atoms with Crippen LogP contribution in [0.1, 0.15) is 24.1 Å². The van der Waals surface area contributed by atoms with Crippen LogP contribution in [0.2, 0.25) is 10.0 Å². The zero-order valence-electron chi connectivity index (χ0n) is 13.7. The van der Waals surface area contributed by atoms with Gasteiger partial charge in [0, 0.05) is 10.0 Å². The molecule has 1 atom stereocenters. The fourth-order valence-electron chi connectivity index (χ4n) is 2.25. The lowest BCUT2D eigenvalue weighted by atomic mass is 10.1. The van der Waals surface area contributed by atoms with Gasteiger partial charge in [0.1, 0.15) is 0 Å². The van der Waals surface area contributed by atoms with Crippen molar-refractivity contribution in [2.75, 3.05) is 13.7 Å². The smallest absolute Gasteiger partial charge is 0.258 e. The van der Waals surface area contributed by atoms with E-state index in [-0.39, 0.29) is 18.6 Å². The summed E-state index contributed by atoms with van der Waals surface area (Å²) < 4.78 is 10.8. The predicted octanol–water partition coefficient (Wildman–Crippen LogP) is 4.57. The summed E-state index contributed by atoms with van der Waals surface area (Å²) in [5.41, 5.74) is 1.84. The molecule has 0 aromatic heterocycles. The second-order valence-electron chi connectivity index (χ2n) is 5.40. The Hall–Kier alpha value is -1.91. The molecule has 6 heteroatoms. The van der Waals surface area contributed by atoms with Crippen molar-refractivity contribution in [2.24, 2.45) is 0 Å². The molecule has 0 saturated carbocycles. The molecule has 0 aliphatic carbocycles. The van der Waals surface area contributed by atoms with Crippen LogP contribution in [0.15, 0.2) is 36.4 Å². The van der Waals surface area contributed by atoms with Crippen LogP contribution in [0, 0.1) is 6.92 Å². The molecule has 0 spiro atoms. The predicted molar refractivity (Wildman–Crippen MR) is 96.2 cm³/mol. The normalized spacial score (nSPS) is 11.7. The lowest BCUT2D eigenvalue weighted by Crippen LogP contribution is -2.31. The summed E-state index contributed by atoms with van der Waals surface area (Å²) in [5.74, 6) is 0.864. The van der Waals surface area contributed by atoms with Crippen molar-refractivity contribution in [2.45, 2.75) is 19.9 Å². The molecule has 4 nitrogen and oxygen atoms in total. The SMILES string of the molecule is COc1cc(C)ccc1OCC(=O)NC(C)c1ccc(Cl)cc1Cl. The van der Waals surface area contributed by atoms with Crippen molar-refractivity contribution < 1.29 is 14.3 Å². The average Bonchev–Trinajstić information content (AvgIpc) is 2.53. The van der Waals surface area contributed by atoms with Gasteiger partial charge in [0.2, 0.25) is 0 Å². The maximum absolute atomic E-state index is 12.1. The van der Waals surface area contributed by atoms with Crippen LogP contribution in [0.5, 0.6) is 11.5 Å². The van der Waals surface area contributed by atoms with E-state index in [4.69, 9.17) is 32.7 Å². The van der Waals surface area contributed by atoms with E-state index in [1.54, 1.807) is 31.4 Å². The monoisotopic (exact) mass is 367 g/mol. The molecule has 1 N–H and O–H groups in total. The van der Waals surface area contributed by atoms with Gasteiger partial charge in [-0.2, -0.15) is 0 Å². The highest BCUT2D eigenvalue weighted by Gasteiger charge is 2.14. The third-order valence-electron chi connectivity index (χ3n) is 3.48. The van der Waals surface area contributed by atoms with Crippen LogP contribution < -0.4 is 14.8 Å². The van der Waals surface area contributed by atoms with Gasteiger partial charge in [-0.1, -0.05) is 35.3 Å². The first-order valence-electron chi connectivity index (χ1n) is 7.42. The Morgan fingerprint density at radius 2 is 1.92 bits per heavy atom. The van der Waals surface area contributed by atoms with Gasteiger partial charge in [0.15, 0.2) is 18.1 Å². The minimum atomic E-state index is -0.259. The topological polar surface area (TPSA) is 47.6 Å². The molecule has 24 heavy (non-hydrogen) atoms. The fourth-order valence-corrected chi connectivity index (χ4v) is 2.82. The summed E-state index contributed by atoms with van der Waals surface area (Å²) in [4.78, 5) is 12.1. The molecule has 2 rings (SSSR count). The van der Waals surface area contributed by atoms with E-state index in [1.165, 1.54) is 0 Å². The largest absolute Gasteiger partial charge is 0.493 e. The van der Waals surface area contributed by atoms with Gasteiger partial charge in [-0.05, 0) is 49.2 Å². The second kappa shape index (κ2) is 8.27. The molecule has 1 amide bonds. The first-order chi connectivity index (χ1) is 11.4. The molecule has 2 aromatic carbocycles. The summed E-state index contributed by atoms with van der Waals surface area (Å²) in [5, 5.41) is 3.91. The molecule has 0 aliphatic rings. The molecule has 0 saturated heterocycles. The standard InChI is InChI=1S/C18H19Cl2NO3/c1-11-4-7-16(17(8-11)23-3)24-10-18(22)21-12(2)14-6-5-13(19)9-15(14)20/h4-9,12H,10H2,1-3H3,(H,21,22). The fraction of sp³-hybridized carbons (Fsp3) is 0.278. The second-order valence-corrected chi connectivity index (χ2v) is 6.24. The quantitative estimate of drug-likeness (QED) is 0.813. The van der Waals surface area contributed by atoms with Gasteiger partial charge in [-0.15, -0.1) is 0 Å². The van der Waals surface area contributed by atoms with Crippen molar-refractivity contribution in [3.05, 3.63) is 57.6 Å². The number of rotatable bonds is 6. The maximum Gasteiger partial charge on any atom is 0.258 e. The van der Waals surface area contributed by atoms with Crippen molar-refractivity contribution in [3.8, 4) is 11.5 Å². The van der Waals surface area contributed by atoms with Gasteiger partial charge in [-0.3, -0.25) is 4.79 Å². The first kappa shape index (κ1) is 18.4. The molecular weight excluding hydrogens is 349 g/mol. The average molecular weight is 368 g/mol. The number of ether oxygens (including phenoxy) is 2. The Bertz CT molecular complexity index is 734. The summed E-state index contributed by atoms with van der Waals surface area (Å²) in [6.45, 7) is 3.69. The number of carbonyl (C=O) groups is 1. The first-order valence-corrected chi connectivity index (χ1v) is 8.18. The highest BCUT2D eigenvalue weighted by Crippen LogP contribution is 2.28. The number of carbonyl (C=O) groups excluding carboxylic acids is 1. The Morgan fingerprint density at radius 3 is 2.58 bits per heavy atom. The van der Waals surface area contributed by atoms with E-state index in [2.05, 4.69) is 5.32 Å². The third kappa shape index (κ3) is 4.79. The van der Waals surface area contributed by atoms with Crippen LogP contribution in [0.3, 0.4) is 0 Å². The van der Waals surface area contributed by atoms with E-state index in [0.717, 1.165) is 11.1 Å². The number of hydrogen-bond donors (Lipinski definition) is 1. The van der Waals surface area contributed by atoms with E-state index in [0.29, 0.717) is 21.5 Å². The summed E-state index contributed by atoms with van der Waals surface area (Å²) >= 11 is 12.0. The van der Waals surface area contributed by atoms with Gasteiger partial charge >= 0.3 is 0 Å². The van der Waals surface area contributed by atoms with Crippen molar-refractivity contribution in [3.63, 3.8) is 0 Å². The lowest BCUT2D eigenvalue weighted by molar-refractivity contribution is -0.123. The minimum absolute atomic E-state index is 0.116. The Morgan fingerprint density at radius 1 is 1.17 bits per heavy atom. The van der Waals surface area contributed by atoms with Crippen molar-refractivity contribution in [1.29, 1.82) is 0 Å². The summed E-state index contributed by atoms with van der Waals surface area (Å²) in [6, 6.07) is 10.4. The van der Waals surface area contributed by atoms with Crippen LogP contribution in [0.4, 0.5) is 0 Å². The van der Waals surface area contributed by atoms with Gasteiger partial charge in [-0.25, -0.2) is 0 Å². The van der Waals surface area contributed by atoms with Gasteiger partial charge < -0.3 is 14.8 Å². The van der Waals surface area contributed by atoms with Crippen molar-refractivity contribution >= 4 is 29.1 Å². The molecule has 0 fully saturated rings. The van der Waals surface area contributed by atoms with Crippen molar-refractivity contribution in [1.82, 2.24) is 5.32 Å². The van der Waals surface area contributed by atoms with Gasteiger partial charge in [0.05, 0.1) is 13.2 Å². The van der Waals surface area contributed by atoms with Crippen LogP contribution >= 0.6 is 23.2 Å². The van der Waals surface area contributed by atoms with E-state index < -0.39 is 0 Å². The van der Waals surface area contributed by atoms with Gasteiger partial charge in [0.25, 0.3) is 5.91 Å². The number of methoxy groups -OCH3 is 1. The van der Waals surface area contributed by atoms with Crippen LogP contribution in [0.25, 0.3) is 0 Å². The zero-order chi connectivity index (χ0) is 17.7. The number of nitrogens with one attached hydrogen (secondary N) is 1. The Balaban J connectivity index is 1.96. The van der Waals surface area contributed by atoms with E-state index in [9.17, 15) is 4.79 Å². The number of hydrogen-bond acceptors (Lipinski definition) is 3. The molecular formula is C18H19Cl2NO3. The molecule has 0 aliphatic heterocycles. The maximum atomic E-state index is 12.1. The van der Waals surface area contributed by atoms with E-state index >= 15 is 0 Å². The molecule has 2 aromatic rings. The number of amides is 1. The molecule has 0 radical (unpaired) electrons. The molecule has 0 bridgehead atoms. The minimum Gasteiger partial charge on any atom is -0.493 e. The number of aryl methyl sites for hydroxylation is 1.